The molecule has 0 bridgehead atoms. The number of aromatic nitrogens is 2. The molecule has 112 valence electrons. The number of hydrogen-bond acceptors (Lipinski definition) is 3. The summed E-state index contributed by atoms with van der Waals surface area (Å²) in [5, 5.41) is 0.985. The van der Waals surface area contributed by atoms with Crippen LogP contribution in [-0.2, 0) is 6.61 Å². The Bertz CT molecular complexity index is 906. The number of ether oxygens (including phenoxy) is 1. The molecule has 0 unspecified atom stereocenters. The highest BCUT2D eigenvalue weighted by atomic mass is 35.5. The van der Waals surface area contributed by atoms with Gasteiger partial charge in [-0.3, -0.25) is 9.20 Å². The predicted molar refractivity (Wildman–Crippen MR) is 87.0 cm³/mol. The molecule has 0 spiro atoms. The first-order valence-electron chi connectivity index (χ1n) is 6.61. The smallest absolute Gasteiger partial charge is 0.258 e. The largest absolute Gasteiger partial charge is 0.486 e. The second-order valence-corrected chi connectivity index (χ2v) is 5.65. The number of nitrogens with zero attached hydrogens (tertiary/aromatic N) is 2. The molecule has 1 aromatic carbocycles. The van der Waals surface area contributed by atoms with E-state index < -0.39 is 0 Å². The minimum Gasteiger partial charge on any atom is -0.486 e. The van der Waals surface area contributed by atoms with Gasteiger partial charge in [0.1, 0.15) is 18.0 Å². The van der Waals surface area contributed by atoms with Gasteiger partial charge in [-0.15, -0.1) is 0 Å². The van der Waals surface area contributed by atoms with E-state index in [1.54, 1.807) is 28.7 Å². The van der Waals surface area contributed by atoms with Crippen LogP contribution in [0, 0.1) is 6.92 Å². The predicted octanol–water partition coefficient (Wildman–Crippen LogP) is 3.89. The van der Waals surface area contributed by atoms with Gasteiger partial charge < -0.3 is 4.74 Å². The summed E-state index contributed by atoms with van der Waals surface area (Å²) >= 11 is 12.0. The van der Waals surface area contributed by atoms with Crippen LogP contribution in [0.4, 0.5) is 0 Å². The fourth-order valence-electron chi connectivity index (χ4n) is 2.18. The Hall–Kier alpha value is -2.04. The third-order valence-electron chi connectivity index (χ3n) is 3.20. The number of halogens is 2. The van der Waals surface area contributed by atoms with E-state index in [0.29, 0.717) is 27.1 Å². The van der Waals surface area contributed by atoms with Crippen LogP contribution in [0.3, 0.4) is 0 Å². The van der Waals surface area contributed by atoms with E-state index in [4.69, 9.17) is 27.9 Å². The van der Waals surface area contributed by atoms with Crippen LogP contribution < -0.4 is 10.3 Å². The summed E-state index contributed by atoms with van der Waals surface area (Å²) in [4.78, 5) is 16.6. The first-order valence-corrected chi connectivity index (χ1v) is 7.36. The lowest BCUT2D eigenvalue weighted by Crippen LogP contribution is -2.18. The molecule has 0 radical (unpaired) electrons. The fourth-order valence-corrected chi connectivity index (χ4v) is 2.51. The van der Waals surface area contributed by atoms with Gasteiger partial charge in [-0.05, 0) is 31.2 Å². The SMILES string of the molecule is Cc1cccc2nc(COc3cc(Cl)ccc3Cl)cc(=O)n12. The molecule has 0 aliphatic rings. The van der Waals surface area contributed by atoms with Crippen LogP contribution in [0.25, 0.3) is 5.65 Å². The molecule has 0 aliphatic carbocycles. The van der Waals surface area contributed by atoms with Crippen LogP contribution in [0.2, 0.25) is 10.0 Å². The van der Waals surface area contributed by atoms with Crippen molar-refractivity contribution in [2.45, 2.75) is 13.5 Å². The number of hydrogen-bond donors (Lipinski definition) is 0. The summed E-state index contributed by atoms with van der Waals surface area (Å²) in [7, 11) is 0. The highest BCUT2D eigenvalue weighted by molar-refractivity contribution is 6.34. The second kappa shape index (κ2) is 5.99. The lowest BCUT2D eigenvalue weighted by Gasteiger charge is -2.09. The number of fused-ring (bicyclic) bond motifs is 1. The summed E-state index contributed by atoms with van der Waals surface area (Å²) in [5.74, 6) is 0.459. The molecule has 2 aromatic heterocycles. The van der Waals surface area contributed by atoms with E-state index in [1.165, 1.54) is 6.07 Å². The van der Waals surface area contributed by atoms with Gasteiger partial charge in [0.25, 0.3) is 5.56 Å². The average molecular weight is 335 g/mol. The molecule has 0 saturated carbocycles. The Morgan fingerprint density at radius 1 is 1.18 bits per heavy atom. The first-order chi connectivity index (χ1) is 10.5. The van der Waals surface area contributed by atoms with Crippen LogP contribution >= 0.6 is 23.2 Å². The quantitative estimate of drug-likeness (QED) is 0.729. The van der Waals surface area contributed by atoms with Gasteiger partial charge in [0.15, 0.2) is 0 Å². The maximum atomic E-state index is 12.2. The van der Waals surface area contributed by atoms with E-state index in [2.05, 4.69) is 4.98 Å². The van der Waals surface area contributed by atoms with Crippen molar-refractivity contribution in [2.24, 2.45) is 0 Å². The van der Waals surface area contributed by atoms with Gasteiger partial charge in [0.05, 0.1) is 10.7 Å². The van der Waals surface area contributed by atoms with Crippen LogP contribution in [-0.4, -0.2) is 9.38 Å². The van der Waals surface area contributed by atoms with E-state index in [9.17, 15) is 4.79 Å². The summed E-state index contributed by atoms with van der Waals surface area (Å²) in [5.41, 5.74) is 1.81. The molecule has 2 heterocycles. The average Bonchev–Trinajstić information content (AvgIpc) is 2.48. The zero-order valence-electron chi connectivity index (χ0n) is 11.7. The van der Waals surface area contributed by atoms with Crippen molar-refractivity contribution in [1.82, 2.24) is 9.38 Å². The zero-order chi connectivity index (χ0) is 15.7. The van der Waals surface area contributed by atoms with Crippen LogP contribution in [0.5, 0.6) is 5.75 Å². The summed E-state index contributed by atoms with van der Waals surface area (Å²) in [6.07, 6.45) is 0. The number of pyridine rings is 1. The topological polar surface area (TPSA) is 43.6 Å². The monoisotopic (exact) mass is 334 g/mol. The van der Waals surface area contributed by atoms with Crippen molar-refractivity contribution in [3.8, 4) is 5.75 Å². The molecular weight excluding hydrogens is 323 g/mol. The van der Waals surface area contributed by atoms with Crippen LogP contribution in [0.15, 0.2) is 47.3 Å². The van der Waals surface area contributed by atoms with Crippen LogP contribution in [0.1, 0.15) is 11.4 Å². The van der Waals surface area contributed by atoms with Gasteiger partial charge in [0, 0.05) is 22.8 Å². The molecular formula is C16H12Cl2N2O2. The number of aryl methyl sites for hydroxylation is 1. The number of benzene rings is 1. The lowest BCUT2D eigenvalue weighted by atomic mass is 10.3. The Kier molecular flexibility index (Phi) is 4.05. The second-order valence-electron chi connectivity index (χ2n) is 4.81. The summed E-state index contributed by atoms with van der Waals surface area (Å²) in [6.45, 7) is 2.00. The number of rotatable bonds is 3. The molecule has 4 nitrogen and oxygen atoms in total. The summed E-state index contributed by atoms with van der Waals surface area (Å²) in [6, 6.07) is 11.9. The van der Waals surface area contributed by atoms with Crippen molar-refractivity contribution in [3.63, 3.8) is 0 Å². The zero-order valence-corrected chi connectivity index (χ0v) is 13.2. The normalized spacial score (nSPS) is 10.9. The third kappa shape index (κ3) is 2.93. The molecule has 3 rings (SSSR count). The first kappa shape index (κ1) is 14.9. The van der Waals surface area contributed by atoms with Crippen molar-refractivity contribution in [3.05, 3.63) is 74.3 Å². The van der Waals surface area contributed by atoms with E-state index in [0.717, 1.165) is 5.69 Å². The van der Waals surface area contributed by atoms with Gasteiger partial charge in [-0.25, -0.2) is 4.98 Å². The minimum atomic E-state index is -0.140. The Morgan fingerprint density at radius 3 is 2.82 bits per heavy atom. The van der Waals surface area contributed by atoms with Gasteiger partial charge in [0.2, 0.25) is 0 Å². The maximum Gasteiger partial charge on any atom is 0.258 e. The molecule has 0 fully saturated rings. The molecule has 3 aromatic rings. The highest BCUT2D eigenvalue weighted by Crippen LogP contribution is 2.28. The molecule has 0 N–H and O–H groups in total. The molecule has 0 atom stereocenters. The van der Waals surface area contributed by atoms with Crippen molar-refractivity contribution >= 4 is 28.8 Å². The minimum absolute atomic E-state index is 0.139. The molecule has 0 saturated heterocycles. The Labute approximate surface area is 136 Å². The van der Waals surface area contributed by atoms with E-state index in [-0.39, 0.29) is 12.2 Å². The molecule has 0 aliphatic heterocycles. The highest BCUT2D eigenvalue weighted by Gasteiger charge is 2.07. The van der Waals surface area contributed by atoms with Gasteiger partial charge in [-0.1, -0.05) is 29.3 Å². The molecule has 6 heteroatoms. The maximum absolute atomic E-state index is 12.2. The standard InChI is InChI=1S/C16H12Cl2N2O2/c1-10-3-2-4-15-19-12(8-16(21)20(10)15)9-22-14-7-11(17)5-6-13(14)18/h2-8H,9H2,1H3. The molecule has 22 heavy (non-hydrogen) atoms. The van der Waals surface area contributed by atoms with Gasteiger partial charge in [-0.2, -0.15) is 0 Å². The Morgan fingerprint density at radius 2 is 2.00 bits per heavy atom. The van der Waals surface area contributed by atoms with Gasteiger partial charge >= 0.3 is 0 Å². The van der Waals surface area contributed by atoms with Crippen molar-refractivity contribution < 1.29 is 4.74 Å². The summed E-state index contributed by atoms with van der Waals surface area (Å²) < 4.78 is 7.16. The van der Waals surface area contributed by atoms with Crippen molar-refractivity contribution in [2.75, 3.05) is 0 Å². The lowest BCUT2D eigenvalue weighted by molar-refractivity contribution is 0.301. The van der Waals surface area contributed by atoms with E-state index in [1.807, 2.05) is 19.1 Å². The Balaban J connectivity index is 1.92. The fraction of sp³-hybridized carbons (Fsp3) is 0.125. The third-order valence-corrected chi connectivity index (χ3v) is 3.75. The van der Waals surface area contributed by atoms with Crippen molar-refractivity contribution in [1.29, 1.82) is 0 Å². The molecule has 0 amide bonds. The van der Waals surface area contributed by atoms with E-state index >= 15 is 0 Å².